The minimum atomic E-state index is -0.0131. The SMILES string of the molecule is Cc1ccc(C(C)C)c(OCCCCn2c(CCCNC(=O)c3ccccc3C)nc3ccccc32)c1. The summed E-state index contributed by atoms with van der Waals surface area (Å²) in [5, 5.41) is 3.06. The van der Waals surface area contributed by atoms with Crippen molar-refractivity contribution < 1.29 is 9.53 Å². The largest absolute Gasteiger partial charge is 0.493 e. The molecule has 1 amide bonds. The van der Waals surface area contributed by atoms with Crippen molar-refractivity contribution in [3.05, 3.63) is 94.8 Å². The molecular formula is C32H39N3O2. The van der Waals surface area contributed by atoms with Crippen LogP contribution in [0.4, 0.5) is 0 Å². The van der Waals surface area contributed by atoms with Crippen LogP contribution in [0.3, 0.4) is 0 Å². The summed E-state index contributed by atoms with van der Waals surface area (Å²) in [6, 6.07) is 22.5. The molecule has 4 aromatic rings. The van der Waals surface area contributed by atoms with Crippen LogP contribution in [-0.2, 0) is 13.0 Å². The zero-order valence-electron chi connectivity index (χ0n) is 22.6. The van der Waals surface area contributed by atoms with Crippen molar-refractivity contribution in [3.63, 3.8) is 0 Å². The number of hydrogen-bond donors (Lipinski definition) is 1. The number of unbranched alkanes of at least 4 members (excludes halogenated alkanes) is 1. The minimum Gasteiger partial charge on any atom is -0.493 e. The zero-order chi connectivity index (χ0) is 26.2. The van der Waals surface area contributed by atoms with E-state index < -0.39 is 0 Å². The van der Waals surface area contributed by atoms with E-state index in [1.54, 1.807) is 0 Å². The number of amides is 1. The van der Waals surface area contributed by atoms with Gasteiger partial charge in [0.2, 0.25) is 0 Å². The highest BCUT2D eigenvalue weighted by Gasteiger charge is 2.12. The number of carbonyl (C=O) groups is 1. The molecule has 1 aromatic heterocycles. The first-order valence-electron chi connectivity index (χ1n) is 13.5. The zero-order valence-corrected chi connectivity index (χ0v) is 22.6. The van der Waals surface area contributed by atoms with Crippen molar-refractivity contribution in [2.45, 2.75) is 65.8 Å². The predicted octanol–water partition coefficient (Wildman–Crippen LogP) is 7.00. The third kappa shape index (κ3) is 6.79. The Kier molecular flexibility index (Phi) is 8.99. The van der Waals surface area contributed by atoms with Gasteiger partial charge in [0.15, 0.2) is 0 Å². The van der Waals surface area contributed by atoms with E-state index in [9.17, 15) is 4.79 Å². The molecule has 0 aliphatic heterocycles. The molecule has 37 heavy (non-hydrogen) atoms. The van der Waals surface area contributed by atoms with E-state index in [-0.39, 0.29) is 5.91 Å². The topological polar surface area (TPSA) is 56.1 Å². The van der Waals surface area contributed by atoms with Gasteiger partial charge in [-0.15, -0.1) is 0 Å². The molecule has 0 saturated carbocycles. The number of nitrogens with zero attached hydrogens (tertiary/aromatic N) is 2. The van der Waals surface area contributed by atoms with Gasteiger partial charge < -0.3 is 14.6 Å². The van der Waals surface area contributed by atoms with Crippen molar-refractivity contribution >= 4 is 16.9 Å². The van der Waals surface area contributed by atoms with Crippen molar-refractivity contribution in [2.24, 2.45) is 0 Å². The molecule has 0 aliphatic rings. The second kappa shape index (κ2) is 12.6. The van der Waals surface area contributed by atoms with Crippen LogP contribution in [0.15, 0.2) is 66.7 Å². The average molecular weight is 498 g/mol. The first-order valence-corrected chi connectivity index (χ1v) is 13.5. The fourth-order valence-corrected chi connectivity index (χ4v) is 4.73. The Balaban J connectivity index is 1.31. The summed E-state index contributed by atoms with van der Waals surface area (Å²) in [5.74, 6) is 2.52. The van der Waals surface area contributed by atoms with Gasteiger partial charge in [-0.25, -0.2) is 4.98 Å². The summed E-state index contributed by atoms with van der Waals surface area (Å²) in [7, 11) is 0. The van der Waals surface area contributed by atoms with Crippen molar-refractivity contribution in [1.82, 2.24) is 14.9 Å². The number of ether oxygens (including phenoxy) is 1. The maximum absolute atomic E-state index is 12.5. The molecule has 5 nitrogen and oxygen atoms in total. The summed E-state index contributed by atoms with van der Waals surface area (Å²) in [6.07, 6.45) is 3.65. The number of aromatic nitrogens is 2. The van der Waals surface area contributed by atoms with E-state index in [0.717, 1.165) is 60.4 Å². The van der Waals surface area contributed by atoms with Gasteiger partial charge in [-0.2, -0.15) is 0 Å². The molecule has 0 saturated heterocycles. The number of fused-ring (bicyclic) bond motifs is 1. The van der Waals surface area contributed by atoms with Crippen LogP contribution in [0.2, 0.25) is 0 Å². The van der Waals surface area contributed by atoms with Crippen LogP contribution in [0, 0.1) is 13.8 Å². The summed E-state index contributed by atoms with van der Waals surface area (Å²) >= 11 is 0. The number of imidazole rings is 1. The van der Waals surface area contributed by atoms with Crippen molar-refractivity contribution in [1.29, 1.82) is 0 Å². The first kappa shape index (κ1) is 26.5. The Morgan fingerprint density at radius 3 is 2.57 bits per heavy atom. The van der Waals surface area contributed by atoms with E-state index in [4.69, 9.17) is 9.72 Å². The third-order valence-electron chi connectivity index (χ3n) is 6.81. The Morgan fingerprint density at radius 1 is 0.973 bits per heavy atom. The molecule has 0 radical (unpaired) electrons. The van der Waals surface area contributed by atoms with Crippen molar-refractivity contribution in [3.8, 4) is 5.75 Å². The molecule has 0 atom stereocenters. The fraction of sp³-hybridized carbons (Fsp3) is 0.375. The van der Waals surface area contributed by atoms with E-state index >= 15 is 0 Å². The molecule has 4 rings (SSSR count). The smallest absolute Gasteiger partial charge is 0.251 e. The molecule has 0 bridgehead atoms. The lowest BCUT2D eigenvalue weighted by Crippen LogP contribution is -2.25. The van der Waals surface area contributed by atoms with Crippen molar-refractivity contribution in [2.75, 3.05) is 13.2 Å². The van der Waals surface area contributed by atoms with E-state index in [1.807, 2.05) is 37.3 Å². The highest BCUT2D eigenvalue weighted by atomic mass is 16.5. The maximum Gasteiger partial charge on any atom is 0.251 e. The average Bonchev–Trinajstić information content (AvgIpc) is 3.23. The van der Waals surface area contributed by atoms with Gasteiger partial charge in [-0.3, -0.25) is 4.79 Å². The van der Waals surface area contributed by atoms with Crippen LogP contribution in [0.5, 0.6) is 5.75 Å². The third-order valence-corrected chi connectivity index (χ3v) is 6.81. The van der Waals surface area contributed by atoms with Gasteiger partial charge in [-0.05, 0) is 80.0 Å². The number of carbonyl (C=O) groups excluding carboxylic acids is 1. The van der Waals surface area contributed by atoms with Gasteiger partial charge >= 0.3 is 0 Å². The van der Waals surface area contributed by atoms with Crippen LogP contribution < -0.4 is 10.1 Å². The molecule has 0 spiro atoms. The molecule has 194 valence electrons. The summed E-state index contributed by atoms with van der Waals surface area (Å²) in [6.45, 7) is 10.7. The van der Waals surface area contributed by atoms with Crippen LogP contribution >= 0.6 is 0 Å². The number of hydrogen-bond acceptors (Lipinski definition) is 3. The molecule has 5 heteroatoms. The number of para-hydroxylation sites is 2. The van der Waals surface area contributed by atoms with Gasteiger partial charge in [0.05, 0.1) is 17.6 Å². The monoisotopic (exact) mass is 497 g/mol. The van der Waals surface area contributed by atoms with Gasteiger partial charge in [0.1, 0.15) is 11.6 Å². The lowest BCUT2D eigenvalue weighted by molar-refractivity contribution is 0.0952. The Morgan fingerprint density at radius 2 is 1.76 bits per heavy atom. The van der Waals surface area contributed by atoms with Gasteiger partial charge in [-0.1, -0.05) is 56.3 Å². The molecule has 0 aliphatic carbocycles. The van der Waals surface area contributed by atoms with Crippen LogP contribution in [0.1, 0.15) is 71.9 Å². The Labute approximate surface area is 220 Å². The minimum absolute atomic E-state index is 0.0131. The number of rotatable bonds is 12. The number of benzene rings is 3. The number of nitrogens with one attached hydrogen (secondary N) is 1. The lowest BCUT2D eigenvalue weighted by Gasteiger charge is -2.15. The summed E-state index contributed by atoms with van der Waals surface area (Å²) in [5.41, 5.74) is 6.42. The van der Waals surface area contributed by atoms with E-state index in [2.05, 4.69) is 67.1 Å². The second-order valence-corrected chi connectivity index (χ2v) is 10.1. The van der Waals surface area contributed by atoms with Crippen LogP contribution in [0.25, 0.3) is 11.0 Å². The standard InChI is InChI=1S/C32H39N3O2/c1-23(2)26-18-17-24(3)22-30(26)37-21-10-9-20-35-29-15-8-7-14-28(29)34-31(35)16-11-19-33-32(36)27-13-6-5-12-25(27)4/h5-8,12-15,17-18,22-23H,9-11,16,19-21H2,1-4H3,(H,33,36). The van der Waals surface area contributed by atoms with E-state index in [1.165, 1.54) is 16.6 Å². The summed E-state index contributed by atoms with van der Waals surface area (Å²) < 4.78 is 8.54. The van der Waals surface area contributed by atoms with E-state index in [0.29, 0.717) is 19.1 Å². The molecular weight excluding hydrogens is 458 g/mol. The Hall–Kier alpha value is -3.60. The van der Waals surface area contributed by atoms with Gasteiger partial charge in [0, 0.05) is 25.1 Å². The van der Waals surface area contributed by atoms with Crippen LogP contribution in [-0.4, -0.2) is 28.6 Å². The fourth-order valence-electron chi connectivity index (χ4n) is 4.73. The maximum atomic E-state index is 12.5. The second-order valence-electron chi connectivity index (χ2n) is 10.1. The normalized spacial score (nSPS) is 11.3. The summed E-state index contributed by atoms with van der Waals surface area (Å²) in [4.78, 5) is 17.4. The quantitative estimate of drug-likeness (QED) is 0.214. The molecule has 1 N–H and O–H groups in total. The Bertz CT molecular complexity index is 1340. The van der Waals surface area contributed by atoms with Gasteiger partial charge in [0.25, 0.3) is 5.91 Å². The molecule has 3 aromatic carbocycles. The molecule has 0 fully saturated rings. The highest BCUT2D eigenvalue weighted by Crippen LogP contribution is 2.27. The highest BCUT2D eigenvalue weighted by molar-refractivity contribution is 5.95. The first-order chi connectivity index (χ1) is 17.9. The predicted molar refractivity (Wildman–Crippen MR) is 152 cm³/mol. The molecule has 1 heterocycles. The lowest BCUT2D eigenvalue weighted by atomic mass is 10.0. The number of aryl methyl sites for hydroxylation is 4. The molecule has 0 unspecified atom stereocenters.